The Morgan fingerprint density at radius 1 is 0.660 bits per heavy atom. The van der Waals surface area contributed by atoms with E-state index in [2.05, 4.69) is 0 Å². The average Bonchev–Trinajstić information content (AvgIpc) is 3.12. The number of hydrogen-bond acceptors (Lipinski definition) is 16. The second-order valence-corrected chi connectivity index (χ2v) is 12.3. The van der Waals surface area contributed by atoms with Crippen molar-refractivity contribution in [1.29, 1.82) is 0 Å². The summed E-state index contributed by atoms with van der Waals surface area (Å²) in [4.78, 5) is 61.6. The molecule has 0 aromatic heterocycles. The van der Waals surface area contributed by atoms with Crippen LogP contribution in [0.2, 0.25) is 0 Å². The van der Waals surface area contributed by atoms with Gasteiger partial charge in [-0.05, 0) is 11.1 Å². The molecule has 2 heterocycles. The monoisotopic (exact) mass is 746 g/mol. The van der Waals surface area contributed by atoms with Crippen molar-refractivity contribution in [1.82, 2.24) is 0 Å². The van der Waals surface area contributed by atoms with Crippen LogP contribution >= 0.6 is 0 Å². The van der Waals surface area contributed by atoms with E-state index in [0.717, 1.165) is 45.7 Å². The number of carbonyl (C=O) groups excluding carboxylic acids is 5. The number of ether oxygens (including phenoxy) is 11. The molecule has 16 heteroatoms. The zero-order valence-electron chi connectivity index (χ0n) is 30.4. The Bertz CT molecular complexity index is 1500. The molecule has 2 aliphatic heterocycles. The maximum absolute atomic E-state index is 12.6. The number of esters is 5. The van der Waals surface area contributed by atoms with Gasteiger partial charge in [0.25, 0.3) is 0 Å². The van der Waals surface area contributed by atoms with Gasteiger partial charge in [0, 0.05) is 41.7 Å². The summed E-state index contributed by atoms with van der Waals surface area (Å²) in [6, 6.07) is 18.9. The highest BCUT2D eigenvalue weighted by molar-refractivity contribution is 5.69. The first-order valence-electron chi connectivity index (χ1n) is 16.9. The van der Waals surface area contributed by atoms with Crippen LogP contribution in [0.4, 0.5) is 0 Å². The Morgan fingerprint density at radius 3 is 1.70 bits per heavy atom. The van der Waals surface area contributed by atoms with Gasteiger partial charge in [-0.3, -0.25) is 24.0 Å². The van der Waals surface area contributed by atoms with Crippen molar-refractivity contribution in [2.75, 3.05) is 20.3 Å². The Hall–Kier alpha value is -4.45. The molecular weight excluding hydrogens is 700 g/mol. The molecule has 2 aliphatic rings. The fourth-order valence-corrected chi connectivity index (χ4v) is 5.96. The molecule has 290 valence electrons. The summed E-state index contributed by atoms with van der Waals surface area (Å²) in [5.74, 6) is -4.23. The van der Waals surface area contributed by atoms with Gasteiger partial charge in [0.05, 0.1) is 19.8 Å². The summed E-state index contributed by atoms with van der Waals surface area (Å²) in [7, 11) is 1.47. The van der Waals surface area contributed by atoms with Gasteiger partial charge in [0.15, 0.2) is 37.0 Å². The van der Waals surface area contributed by atoms with E-state index in [9.17, 15) is 24.0 Å². The van der Waals surface area contributed by atoms with Crippen LogP contribution in [0.15, 0.2) is 60.7 Å². The maximum atomic E-state index is 12.6. The third-order valence-electron chi connectivity index (χ3n) is 8.07. The summed E-state index contributed by atoms with van der Waals surface area (Å²) in [6.07, 6.45) is -12.5. The summed E-state index contributed by atoms with van der Waals surface area (Å²) in [6.45, 7) is 4.95. The topological polar surface area (TPSA) is 187 Å². The minimum atomic E-state index is -1.73. The number of rotatable bonds is 17. The molecule has 0 saturated carbocycles. The standard InChI is InChI=1S/C37H46O16/c1-21(38)44-19-28(48-22(2)39)31(49-23(3)40)33(50-24(4)41)35(51-25(5)42)37-47-20-29-30(53-37)32(45-17-26-13-9-7-10-14-26)34(36(43-6)52-29)46-18-27-15-11-8-12-16-27/h7-16,28-37H,17-20H2,1-6H3/t28-,29-,30-,31-,32+,33+,34-,35-,36+,37-/m1/s1. The van der Waals surface area contributed by atoms with Gasteiger partial charge < -0.3 is 52.1 Å². The number of hydrogen-bond donors (Lipinski definition) is 0. The van der Waals surface area contributed by atoms with E-state index in [1.165, 1.54) is 7.11 Å². The lowest BCUT2D eigenvalue weighted by atomic mass is 9.96. The molecule has 2 aromatic rings. The first-order chi connectivity index (χ1) is 25.4. The quantitative estimate of drug-likeness (QED) is 0.170. The van der Waals surface area contributed by atoms with E-state index in [4.69, 9.17) is 52.1 Å². The van der Waals surface area contributed by atoms with E-state index < -0.39 is 97.9 Å². The van der Waals surface area contributed by atoms with Crippen molar-refractivity contribution >= 4 is 29.8 Å². The van der Waals surface area contributed by atoms with E-state index in [-0.39, 0.29) is 19.8 Å². The molecule has 0 amide bonds. The van der Waals surface area contributed by atoms with Crippen LogP contribution in [0.1, 0.15) is 45.7 Å². The minimum absolute atomic E-state index is 0.142. The maximum Gasteiger partial charge on any atom is 0.303 e. The Kier molecular flexibility index (Phi) is 15.7. The summed E-state index contributed by atoms with van der Waals surface area (Å²) in [5, 5.41) is 0. The molecule has 0 N–H and O–H groups in total. The van der Waals surface area contributed by atoms with Gasteiger partial charge in [-0.1, -0.05) is 60.7 Å². The summed E-state index contributed by atoms with van der Waals surface area (Å²) in [5.41, 5.74) is 1.74. The van der Waals surface area contributed by atoms with Crippen LogP contribution in [0.3, 0.4) is 0 Å². The first-order valence-corrected chi connectivity index (χ1v) is 16.9. The van der Waals surface area contributed by atoms with Gasteiger partial charge in [-0.25, -0.2) is 0 Å². The van der Waals surface area contributed by atoms with Crippen LogP contribution in [0.5, 0.6) is 0 Å². The molecule has 4 rings (SSSR count). The predicted octanol–water partition coefficient (Wildman–Crippen LogP) is 2.56. The highest BCUT2D eigenvalue weighted by Crippen LogP contribution is 2.36. The van der Waals surface area contributed by atoms with Crippen LogP contribution in [-0.2, 0) is 89.3 Å². The van der Waals surface area contributed by atoms with Crippen molar-refractivity contribution in [3.63, 3.8) is 0 Å². The van der Waals surface area contributed by atoms with Gasteiger partial charge in [0.1, 0.15) is 31.0 Å². The molecular formula is C37H46O16. The highest BCUT2D eigenvalue weighted by Gasteiger charge is 2.55. The van der Waals surface area contributed by atoms with Crippen LogP contribution in [0, 0.1) is 0 Å². The third-order valence-corrected chi connectivity index (χ3v) is 8.07. The van der Waals surface area contributed by atoms with Crippen LogP contribution in [-0.4, -0.2) is 112 Å². The van der Waals surface area contributed by atoms with E-state index in [0.29, 0.717) is 0 Å². The zero-order valence-corrected chi connectivity index (χ0v) is 30.4. The van der Waals surface area contributed by atoms with E-state index in [1.54, 1.807) is 0 Å². The second kappa shape index (κ2) is 20.1. The van der Waals surface area contributed by atoms with Crippen molar-refractivity contribution in [3.05, 3.63) is 71.8 Å². The Balaban J connectivity index is 1.73. The van der Waals surface area contributed by atoms with Crippen LogP contribution in [0.25, 0.3) is 0 Å². The van der Waals surface area contributed by atoms with E-state index >= 15 is 0 Å². The largest absolute Gasteiger partial charge is 0.462 e. The molecule has 2 aromatic carbocycles. The van der Waals surface area contributed by atoms with Crippen molar-refractivity contribution < 1.29 is 76.1 Å². The first kappa shape index (κ1) is 41.3. The Morgan fingerprint density at radius 2 is 1.19 bits per heavy atom. The van der Waals surface area contributed by atoms with Crippen molar-refractivity contribution in [2.45, 2.75) is 109 Å². The third kappa shape index (κ3) is 12.3. The molecule has 16 nitrogen and oxygen atoms in total. The predicted molar refractivity (Wildman–Crippen MR) is 179 cm³/mol. The SMILES string of the molecule is CO[C@H]1O[C@@H]2CO[C@@H]([C@H](OC(C)=O)[C@@H](OC(C)=O)[C@H](OC(C)=O)[C@@H](COC(C)=O)OC(C)=O)O[C@H]2[C@H](OCc2ccccc2)[C@H]1OCc1ccccc1. The van der Waals surface area contributed by atoms with Gasteiger partial charge in [-0.15, -0.1) is 0 Å². The fourth-order valence-electron chi connectivity index (χ4n) is 5.96. The average molecular weight is 747 g/mol. The molecule has 0 unspecified atom stereocenters. The van der Waals surface area contributed by atoms with Gasteiger partial charge in [0.2, 0.25) is 0 Å². The lowest BCUT2D eigenvalue weighted by molar-refractivity contribution is -0.380. The lowest BCUT2D eigenvalue weighted by Crippen LogP contribution is -2.67. The van der Waals surface area contributed by atoms with Crippen molar-refractivity contribution in [3.8, 4) is 0 Å². The fraction of sp³-hybridized carbons (Fsp3) is 0.541. The molecule has 0 spiro atoms. The molecule has 10 atom stereocenters. The molecule has 53 heavy (non-hydrogen) atoms. The molecule has 0 bridgehead atoms. The number of carbonyl (C=O) groups is 5. The number of fused-ring (bicyclic) bond motifs is 1. The van der Waals surface area contributed by atoms with Crippen LogP contribution < -0.4 is 0 Å². The van der Waals surface area contributed by atoms with E-state index in [1.807, 2.05) is 60.7 Å². The minimum Gasteiger partial charge on any atom is -0.462 e. The lowest BCUT2D eigenvalue weighted by Gasteiger charge is -2.50. The van der Waals surface area contributed by atoms with Crippen molar-refractivity contribution in [2.24, 2.45) is 0 Å². The van der Waals surface area contributed by atoms with Gasteiger partial charge in [-0.2, -0.15) is 0 Å². The molecule has 0 aliphatic carbocycles. The second-order valence-electron chi connectivity index (χ2n) is 12.3. The zero-order chi connectivity index (χ0) is 38.5. The molecule has 0 radical (unpaired) electrons. The molecule has 2 fully saturated rings. The Labute approximate surface area is 307 Å². The summed E-state index contributed by atoms with van der Waals surface area (Å²) >= 11 is 0. The van der Waals surface area contributed by atoms with Gasteiger partial charge >= 0.3 is 29.8 Å². The summed E-state index contributed by atoms with van der Waals surface area (Å²) < 4.78 is 64.7. The number of methoxy groups -OCH3 is 1. The molecule has 2 saturated heterocycles. The number of benzene rings is 2. The normalized spacial score (nSPS) is 24.6. The smallest absolute Gasteiger partial charge is 0.303 e. The highest BCUT2D eigenvalue weighted by atomic mass is 16.8.